The first-order valence-electron chi connectivity index (χ1n) is 6.79. The molecule has 1 aliphatic rings. The van der Waals surface area contributed by atoms with Crippen molar-refractivity contribution in [3.8, 4) is 0 Å². The van der Waals surface area contributed by atoms with Crippen molar-refractivity contribution in [2.24, 2.45) is 5.41 Å². The van der Waals surface area contributed by atoms with E-state index in [-0.39, 0.29) is 32.1 Å². The third kappa shape index (κ3) is 4.32. The maximum atomic E-state index is 12.0. The highest BCUT2D eigenvalue weighted by Gasteiger charge is 2.47. The van der Waals surface area contributed by atoms with E-state index in [9.17, 15) is 19.5 Å². The molecule has 120 valence electrons. The standard InChI is InChI=1S/C13H22N2O6/c1-4-21-10(16)5-6-15(3)12(19)14-9-7-20-8-13(9,2)11(17)18/h9H,4-8H2,1-3H3,(H,14,19)(H,17,18). The third-order valence-corrected chi connectivity index (χ3v) is 3.55. The van der Waals surface area contributed by atoms with Gasteiger partial charge in [0.15, 0.2) is 0 Å². The van der Waals surface area contributed by atoms with Crippen LogP contribution in [0.15, 0.2) is 0 Å². The molecule has 1 aliphatic heterocycles. The van der Waals surface area contributed by atoms with Gasteiger partial charge in [-0.15, -0.1) is 0 Å². The fraction of sp³-hybridized carbons (Fsp3) is 0.769. The van der Waals surface area contributed by atoms with Crippen LogP contribution >= 0.6 is 0 Å². The molecule has 1 saturated heterocycles. The Morgan fingerprint density at radius 3 is 2.71 bits per heavy atom. The molecule has 2 unspecified atom stereocenters. The summed E-state index contributed by atoms with van der Waals surface area (Å²) < 4.78 is 9.93. The minimum Gasteiger partial charge on any atom is -0.481 e. The second-order valence-electron chi connectivity index (χ2n) is 5.22. The molecule has 2 N–H and O–H groups in total. The predicted molar refractivity (Wildman–Crippen MR) is 72.8 cm³/mol. The zero-order chi connectivity index (χ0) is 16.0. The Labute approximate surface area is 123 Å². The number of carboxylic acids is 1. The van der Waals surface area contributed by atoms with Crippen molar-refractivity contribution in [1.29, 1.82) is 0 Å². The molecule has 1 heterocycles. The van der Waals surface area contributed by atoms with E-state index in [1.165, 1.54) is 18.9 Å². The Morgan fingerprint density at radius 2 is 2.14 bits per heavy atom. The van der Waals surface area contributed by atoms with Gasteiger partial charge in [-0.05, 0) is 13.8 Å². The largest absolute Gasteiger partial charge is 0.481 e. The van der Waals surface area contributed by atoms with Crippen LogP contribution in [0.2, 0.25) is 0 Å². The Morgan fingerprint density at radius 1 is 1.48 bits per heavy atom. The molecule has 0 radical (unpaired) electrons. The zero-order valence-corrected chi connectivity index (χ0v) is 12.5. The molecule has 0 aliphatic carbocycles. The van der Waals surface area contributed by atoms with Crippen LogP contribution in [0.3, 0.4) is 0 Å². The van der Waals surface area contributed by atoms with Crippen LogP contribution in [0, 0.1) is 5.41 Å². The van der Waals surface area contributed by atoms with Crippen molar-refractivity contribution in [3.63, 3.8) is 0 Å². The number of carbonyl (C=O) groups excluding carboxylic acids is 2. The molecule has 2 amide bonds. The van der Waals surface area contributed by atoms with Gasteiger partial charge in [0, 0.05) is 13.6 Å². The molecule has 0 saturated carbocycles. The summed E-state index contributed by atoms with van der Waals surface area (Å²) in [6.07, 6.45) is 0.0924. The first-order chi connectivity index (χ1) is 9.81. The number of ether oxygens (including phenoxy) is 2. The molecule has 0 aromatic rings. The van der Waals surface area contributed by atoms with Crippen LogP contribution in [-0.2, 0) is 19.1 Å². The summed E-state index contributed by atoms with van der Waals surface area (Å²) in [6.45, 7) is 3.94. The van der Waals surface area contributed by atoms with Crippen molar-refractivity contribution in [3.05, 3.63) is 0 Å². The molecule has 1 rings (SSSR count). The average Bonchev–Trinajstić information content (AvgIpc) is 2.79. The molecule has 0 bridgehead atoms. The lowest BCUT2D eigenvalue weighted by atomic mass is 9.85. The van der Waals surface area contributed by atoms with E-state index in [1.807, 2.05) is 0 Å². The second-order valence-corrected chi connectivity index (χ2v) is 5.22. The molecular weight excluding hydrogens is 280 g/mol. The zero-order valence-electron chi connectivity index (χ0n) is 12.5. The van der Waals surface area contributed by atoms with Crippen LogP contribution < -0.4 is 5.32 Å². The lowest BCUT2D eigenvalue weighted by Crippen LogP contribution is -2.52. The Balaban J connectivity index is 2.49. The van der Waals surface area contributed by atoms with Crippen LogP contribution in [0.25, 0.3) is 0 Å². The summed E-state index contributed by atoms with van der Waals surface area (Å²) in [4.78, 5) is 35.8. The highest BCUT2D eigenvalue weighted by molar-refractivity contribution is 5.79. The number of aliphatic carboxylic acids is 1. The molecule has 8 heteroatoms. The highest BCUT2D eigenvalue weighted by atomic mass is 16.5. The van der Waals surface area contributed by atoms with Gasteiger partial charge < -0.3 is 24.8 Å². The Hall–Kier alpha value is -1.83. The quantitative estimate of drug-likeness (QED) is 0.673. The molecule has 0 spiro atoms. The average molecular weight is 302 g/mol. The van der Waals surface area contributed by atoms with E-state index in [0.717, 1.165) is 0 Å². The van der Waals surface area contributed by atoms with Gasteiger partial charge in [-0.3, -0.25) is 9.59 Å². The third-order valence-electron chi connectivity index (χ3n) is 3.55. The summed E-state index contributed by atoms with van der Waals surface area (Å²) >= 11 is 0. The summed E-state index contributed by atoms with van der Waals surface area (Å²) in [6, 6.07) is -1.05. The summed E-state index contributed by atoms with van der Waals surface area (Å²) in [7, 11) is 1.53. The summed E-state index contributed by atoms with van der Waals surface area (Å²) in [5.74, 6) is -1.39. The number of amides is 2. The predicted octanol–water partition coefficient (Wildman–Crippen LogP) is 0.0707. The van der Waals surface area contributed by atoms with E-state index >= 15 is 0 Å². The first-order valence-corrected chi connectivity index (χ1v) is 6.79. The van der Waals surface area contributed by atoms with Gasteiger partial charge in [-0.1, -0.05) is 0 Å². The topological polar surface area (TPSA) is 105 Å². The molecule has 0 aromatic carbocycles. The van der Waals surface area contributed by atoms with Gasteiger partial charge in [0.1, 0.15) is 5.41 Å². The van der Waals surface area contributed by atoms with Crippen molar-refractivity contribution >= 4 is 18.0 Å². The maximum Gasteiger partial charge on any atom is 0.317 e. The number of rotatable bonds is 6. The van der Waals surface area contributed by atoms with Crippen LogP contribution in [0.1, 0.15) is 20.3 Å². The summed E-state index contributed by atoms with van der Waals surface area (Å²) in [5.41, 5.74) is -1.14. The number of hydrogen-bond donors (Lipinski definition) is 2. The maximum absolute atomic E-state index is 12.0. The first kappa shape index (κ1) is 17.2. The molecule has 2 atom stereocenters. The number of carbonyl (C=O) groups is 3. The molecule has 1 fully saturated rings. The van der Waals surface area contributed by atoms with Crippen LogP contribution in [0.5, 0.6) is 0 Å². The number of nitrogens with zero attached hydrogens (tertiary/aromatic N) is 1. The van der Waals surface area contributed by atoms with E-state index in [0.29, 0.717) is 6.61 Å². The monoisotopic (exact) mass is 302 g/mol. The van der Waals surface area contributed by atoms with Gasteiger partial charge in [-0.2, -0.15) is 0 Å². The number of carboxylic acid groups (broad SMARTS) is 1. The lowest BCUT2D eigenvalue weighted by molar-refractivity contribution is -0.148. The van der Waals surface area contributed by atoms with E-state index in [4.69, 9.17) is 9.47 Å². The number of nitrogens with one attached hydrogen (secondary N) is 1. The fourth-order valence-electron chi connectivity index (χ4n) is 1.94. The molecule has 21 heavy (non-hydrogen) atoms. The van der Waals surface area contributed by atoms with Crippen molar-refractivity contribution in [2.45, 2.75) is 26.3 Å². The minimum absolute atomic E-state index is 0.0554. The SMILES string of the molecule is CCOC(=O)CCN(C)C(=O)NC1COCC1(C)C(=O)O. The van der Waals surface area contributed by atoms with Crippen LogP contribution in [0.4, 0.5) is 4.79 Å². The van der Waals surface area contributed by atoms with Crippen molar-refractivity contribution in [1.82, 2.24) is 10.2 Å². The number of esters is 1. The lowest BCUT2D eigenvalue weighted by Gasteiger charge is -2.27. The fourth-order valence-corrected chi connectivity index (χ4v) is 1.94. The summed E-state index contributed by atoms with van der Waals surface area (Å²) in [5, 5.41) is 11.9. The van der Waals surface area contributed by atoms with E-state index in [1.54, 1.807) is 6.92 Å². The van der Waals surface area contributed by atoms with Gasteiger partial charge in [0.25, 0.3) is 0 Å². The van der Waals surface area contributed by atoms with Gasteiger partial charge >= 0.3 is 18.0 Å². The second kappa shape index (κ2) is 7.26. The highest BCUT2D eigenvalue weighted by Crippen LogP contribution is 2.28. The smallest absolute Gasteiger partial charge is 0.317 e. The van der Waals surface area contributed by atoms with Crippen LogP contribution in [-0.4, -0.2) is 67.4 Å². The molecule has 0 aromatic heterocycles. The van der Waals surface area contributed by atoms with Gasteiger partial charge in [0.05, 0.1) is 32.3 Å². The number of urea groups is 1. The molecule has 8 nitrogen and oxygen atoms in total. The molecular formula is C13H22N2O6. The minimum atomic E-state index is -1.14. The van der Waals surface area contributed by atoms with Crippen molar-refractivity contribution < 1.29 is 29.0 Å². The Bertz CT molecular complexity index is 413. The van der Waals surface area contributed by atoms with E-state index < -0.39 is 23.5 Å². The Kier molecular flexibility index (Phi) is 5.95. The number of hydrogen-bond acceptors (Lipinski definition) is 5. The van der Waals surface area contributed by atoms with E-state index in [2.05, 4.69) is 5.32 Å². The van der Waals surface area contributed by atoms with Gasteiger partial charge in [0.2, 0.25) is 0 Å². The van der Waals surface area contributed by atoms with Crippen molar-refractivity contribution in [2.75, 3.05) is 33.4 Å². The van der Waals surface area contributed by atoms with Gasteiger partial charge in [-0.25, -0.2) is 4.79 Å². The normalized spacial score (nSPS) is 24.4.